The fourth-order valence-electron chi connectivity index (χ4n) is 2.23. The average molecular weight is 388 g/mol. The van der Waals surface area contributed by atoms with Crippen LogP contribution in [0.15, 0.2) is 53.3 Å². The van der Waals surface area contributed by atoms with Crippen LogP contribution in [0.3, 0.4) is 0 Å². The van der Waals surface area contributed by atoms with Crippen molar-refractivity contribution in [1.82, 2.24) is 9.55 Å². The van der Waals surface area contributed by atoms with Gasteiger partial charge in [-0.25, -0.2) is 4.98 Å². The number of benzene rings is 1. The molecule has 2 amide bonds. The molecule has 7 nitrogen and oxygen atoms in total. The van der Waals surface area contributed by atoms with Crippen LogP contribution in [0.5, 0.6) is 5.75 Å². The van der Waals surface area contributed by atoms with E-state index in [0.717, 1.165) is 11.4 Å². The molecule has 3 N–H and O–H groups in total. The van der Waals surface area contributed by atoms with Crippen LogP contribution in [-0.4, -0.2) is 34.2 Å². The predicted octanol–water partition coefficient (Wildman–Crippen LogP) is 2.77. The second-order valence-corrected chi connectivity index (χ2v) is 7.00. The second kappa shape index (κ2) is 8.07. The summed E-state index contributed by atoms with van der Waals surface area (Å²) >= 11 is 2.56. The van der Waals surface area contributed by atoms with Gasteiger partial charge in [0.25, 0.3) is 5.91 Å². The lowest BCUT2D eigenvalue weighted by Crippen LogP contribution is -2.18. The SMILES string of the molecule is COc1ccc(-n2ccnc2SCC(=O)Nc2sccc2C(N)=O)cc1. The summed E-state index contributed by atoms with van der Waals surface area (Å²) in [5.74, 6) is 0.126. The van der Waals surface area contributed by atoms with Gasteiger partial charge < -0.3 is 15.8 Å². The summed E-state index contributed by atoms with van der Waals surface area (Å²) in [5.41, 5.74) is 6.51. The zero-order valence-corrected chi connectivity index (χ0v) is 15.5. The standard InChI is InChI=1S/C17H16N4O3S2/c1-24-12-4-2-11(3-5-12)21-8-7-19-17(21)26-10-14(22)20-16-13(15(18)23)6-9-25-16/h2-9H,10H2,1H3,(H2,18,23)(H,20,22). The maximum absolute atomic E-state index is 12.2. The highest BCUT2D eigenvalue weighted by Gasteiger charge is 2.14. The minimum atomic E-state index is -0.566. The monoisotopic (exact) mass is 388 g/mol. The van der Waals surface area contributed by atoms with E-state index in [4.69, 9.17) is 10.5 Å². The van der Waals surface area contributed by atoms with Gasteiger partial charge in [0, 0.05) is 18.1 Å². The number of methoxy groups -OCH3 is 1. The van der Waals surface area contributed by atoms with E-state index in [1.54, 1.807) is 24.8 Å². The van der Waals surface area contributed by atoms with Crippen molar-refractivity contribution in [3.8, 4) is 11.4 Å². The topological polar surface area (TPSA) is 99.2 Å². The first-order chi connectivity index (χ1) is 12.6. The first-order valence-corrected chi connectivity index (χ1v) is 9.42. The lowest BCUT2D eigenvalue weighted by atomic mass is 10.3. The number of hydrogen-bond acceptors (Lipinski definition) is 6. The number of anilines is 1. The van der Waals surface area contributed by atoms with Gasteiger partial charge >= 0.3 is 0 Å². The number of thioether (sulfide) groups is 1. The Morgan fingerprint density at radius 2 is 2.08 bits per heavy atom. The number of imidazole rings is 1. The van der Waals surface area contributed by atoms with E-state index in [9.17, 15) is 9.59 Å². The fraction of sp³-hybridized carbons (Fsp3) is 0.118. The van der Waals surface area contributed by atoms with E-state index in [1.807, 2.05) is 35.0 Å². The Labute approximate surface area is 158 Å². The Morgan fingerprint density at radius 3 is 2.77 bits per heavy atom. The molecule has 2 aromatic heterocycles. The number of nitrogens with zero attached hydrogens (tertiary/aromatic N) is 2. The van der Waals surface area contributed by atoms with Crippen molar-refractivity contribution in [2.45, 2.75) is 5.16 Å². The summed E-state index contributed by atoms with van der Waals surface area (Å²) in [6.45, 7) is 0. The van der Waals surface area contributed by atoms with E-state index in [-0.39, 0.29) is 11.7 Å². The Hall–Kier alpha value is -2.78. The number of carbonyl (C=O) groups is 2. The van der Waals surface area contributed by atoms with Gasteiger partial charge in [0.2, 0.25) is 5.91 Å². The summed E-state index contributed by atoms with van der Waals surface area (Å²) in [6.07, 6.45) is 3.50. The summed E-state index contributed by atoms with van der Waals surface area (Å²) in [6, 6.07) is 9.13. The highest BCUT2D eigenvalue weighted by atomic mass is 32.2. The van der Waals surface area contributed by atoms with Gasteiger partial charge in [-0.3, -0.25) is 14.2 Å². The summed E-state index contributed by atoms with van der Waals surface area (Å²) in [7, 11) is 1.61. The number of primary amides is 1. The molecule has 2 heterocycles. The molecule has 0 atom stereocenters. The minimum Gasteiger partial charge on any atom is -0.497 e. The molecular weight excluding hydrogens is 372 g/mol. The Bertz CT molecular complexity index is 918. The number of ether oxygens (including phenoxy) is 1. The minimum absolute atomic E-state index is 0.156. The number of nitrogens with one attached hydrogen (secondary N) is 1. The Kier molecular flexibility index (Phi) is 5.59. The maximum atomic E-state index is 12.2. The van der Waals surface area contributed by atoms with Crippen molar-refractivity contribution in [3.05, 3.63) is 53.7 Å². The fourth-order valence-corrected chi connectivity index (χ4v) is 3.81. The molecule has 1 aromatic carbocycles. The third-order valence-corrected chi connectivity index (χ3v) is 5.27. The smallest absolute Gasteiger partial charge is 0.251 e. The van der Waals surface area contributed by atoms with E-state index in [1.165, 1.54) is 23.1 Å². The first kappa shape index (κ1) is 18.0. The van der Waals surface area contributed by atoms with Crippen LogP contribution in [-0.2, 0) is 4.79 Å². The zero-order chi connectivity index (χ0) is 18.5. The van der Waals surface area contributed by atoms with Gasteiger partial charge in [0.1, 0.15) is 10.8 Å². The summed E-state index contributed by atoms with van der Waals surface area (Å²) < 4.78 is 7.04. The number of hydrogen-bond donors (Lipinski definition) is 2. The van der Waals surface area contributed by atoms with Gasteiger partial charge in [-0.1, -0.05) is 11.8 Å². The van der Waals surface area contributed by atoms with Crippen LogP contribution in [0, 0.1) is 0 Å². The van der Waals surface area contributed by atoms with Crippen LogP contribution >= 0.6 is 23.1 Å². The number of amides is 2. The number of carbonyl (C=O) groups excluding carboxylic acids is 2. The molecule has 0 saturated heterocycles. The van der Waals surface area contributed by atoms with Crippen molar-refractivity contribution in [1.29, 1.82) is 0 Å². The van der Waals surface area contributed by atoms with Crippen LogP contribution in [0.4, 0.5) is 5.00 Å². The Morgan fingerprint density at radius 1 is 1.31 bits per heavy atom. The van der Waals surface area contributed by atoms with Crippen LogP contribution in [0.25, 0.3) is 5.69 Å². The van der Waals surface area contributed by atoms with E-state index < -0.39 is 5.91 Å². The van der Waals surface area contributed by atoms with Gasteiger partial charge in [-0.15, -0.1) is 11.3 Å². The van der Waals surface area contributed by atoms with E-state index in [2.05, 4.69) is 10.3 Å². The summed E-state index contributed by atoms with van der Waals surface area (Å²) in [5, 5.41) is 5.57. The van der Waals surface area contributed by atoms with Gasteiger partial charge in [0.15, 0.2) is 5.16 Å². The molecule has 9 heteroatoms. The lowest BCUT2D eigenvalue weighted by molar-refractivity contribution is -0.113. The number of thiophene rings is 1. The maximum Gasteiger partial charge on any atom is 0.251 e. The molecule has 0 unspecified atom stereocenters. The molecule has 134 valence electrons. The molecule has 26 heavy (non-hydrogen) atoms. The zero-order valence-electron chi connectivity index (χ0n) is 13.8. The van der Waals surface area contributed by atoms with Crippen molar-refractivity contribution in [2.75, 3.05) is 18.2 Å². The highest BCUT2D eigenvalue weighted by molar-refractivity contribution is 7.99. The molecule has 0 fully saturated rings. The van der Waals surface area contributed by atoms with Crippen LogP contribution < -0.4 is 15.8 Å². The predicted molar refractivity (Wildman–Crippen MR) is 102 cm³/mol. The van der Waals surface area contributed by atoms with Crippen molar-refractivity contribution >= 4 is 39.9 Å². The van der Waals surface area contributed by atoms with Crippen molar-refractivity contribution in [2.24, 2.45) is 5.73 Å². The molecule has 0 spiro atoms. The molecule has 0 aliphatic heterocycles. The molecule has 3 aromatic rings. The van der Waals surface area contributed by atoms with Crippen molar-refractivity contribution < 1.29 is 14.3 Å². The van der Waals surface area contributed by atoms with Crippen molar-refractivity contribution in [3.63, 3.8) is 0 Å². The molecule has 0 aliphatic carbocycles. The summed E-state index contributed by atoms with van der Waals surface area (Å²) in [4.78, 5) is 27.8. The average Bonchev–Trinajstić information content (AvgIpc) is 3.29. The highest BCUT2D eigenvalue weighted by Crippen LogP contribution is 2.25. The molecular formula is C17H16N4O3S2. The van der Waals surface area contributed by atoms with Gasteiger partial charge in [-0.2, -0.15) is 0 Å². The number of nitrogens with two attached hydrogens (primary N) is 1. The first-order valence-electron chi connectivity index (χ1n) is 7.56. The molecule has 3 rings (SSSR count). The second-order valence-electron chi connectivity index (χ2n) is 5.14. The van der Waals surface area contributed by atoms with Gasteiger partial charge in [-0.05, 0) is 35.7 Å². The number of rotatable bonds is 7. The normalized spacial score (nSPS) is 10.5. The largest absolute Gasteiger partial charge is 0.497 e. The molecule has 0 aliphatic rings. The lowest BCUT2D eigenvalue weighted by Gasteiger charge is -2.08. The van der Waals surface area contributed by atoms with Crippen LogP contribution in [0.2, 0.25) is 0 Å². The van der Waals surface area contributed by atoms with E-state index in [0.29, 0.717) is 15.7 Å². The Balaban J connectivity index is 1.65. The molecule has 0 radical (unpaired) electrons. The quantitative estimate of drug-likeness (QED) is 0.606. The van der Waals surface area contributed by atoms with E-state index >= 15 is 0 Å². The number of aromatic nitrogens is 2. The molecule has 0 saturated carbocycles. The van der Waals surface area contributed by atoms with Crippen LogP contribution in [0.1, 0.15) is 10.4 Å². The third kappa shape index (κ3) is 4.06. The van der Waals surface area contributed by atoms with Gasteiger partial charge in [0.05, 0.1) is 18.4 Å². The molecule has 0 bridgehead atoms. The third-order valence-electron chi connectivity index (χ3n) is 3.47.